The van der Waals surface area contributed by atoms with Crippen molar-refractivity contribution in [3.05, 3.63) is 52.7 Å². The first-order valence-electron chi connectivity index (χ1n) is 8.29. The third-order valence-electron chi connectivity index (χ3n) is 4.54. The Morgan fingerprint density at radius 3 is 2.75 bits per heavy atom. The topological polar surface area (TPSA) is 38.2 Å². The van der Waals surface area contributed by atoms with Gasteiger partial charge in [0, 0.05) is 6.54 Å². The SMILES string of the molecule is Cc1nc(N2CC(C)OCC2c2ccccc2)c2c(C)csc2n1. The summed E-state index contributed by atoms with van der Waals surface area (Å²) >= 11 is 1.70. The molecule has 1 aliphatic rings. The van der Waals surface area contributed by atoms with Crippen LogP contribution in [-0.2, 0) is 4.74 Å². The van der Waals surface area contributed by atoms with Gasteiger partial charge < -0.3 is 9.64 Å². The van der Waals surface area contributed by atoms with Gasteiger partial charge in [0.05, 0.1) is 24.1 Å². The molecule has 1 saturated heterocycles. The molecule has 5 heteroatoms. The van der Waals surface area contributed by atoms with Crippen molar-refractivity contribution in [3.8, 4) is 0 Å². The van der Waals surface area contributed by atoms with Crippen LogP contribution in [0.2, 0.25) is 0 Å². The minimum atomic E-state index is 0.180. The minimum Gasteiger partial charge on any atom is -0.374 e. The number of anilines is 1. The lowest BCUT2D eigenvalue weighted by molar-refractivity contribution is 0.0301. The molecule has 0 N–H and O–H groups in total. The fraction of sp³-hybridized carbons (Fsp3) is 0.368. The van der Waals surface area contributed by atoms with E-state index in [0.29, 0.717) is 6.61 Å². The summed E-state index contributed by atoms with van der Waals surface area (Å²) < 4.78 is 5.97. The highest BCUT2D eigenvalue weighted by molar-refractivity contribution is 7.17. The summed E-state index contributed by atoms with van der Waals surface area (Å²) in [6, 6.07) is 10.7. The molecule has 4 rings (SSSR count). The fourth-order valence-corrected chi connectivity index (χ4v) is 4.32. The Kier molecular flexibility index (Phi) is 3.98. The van der Waals surface area contributed by atoms with E-state index in [-0.39, 0.29) is 12.1 Å². The van der Waals surface area contributed by atoms with E-state index < -0.39 is 0 Å². The fourth-order valence-electron chi connectivity index (χ4n) is 3.36. The first kappa shape index (κ1) is 15.5. The van der Waals surface area contributed by atoms with E-state index in [2.05, 4.69) is 59.4 Å². The molecule has 24 heavy (non-hydrogen) atoms. The number of hydrogen-bond donors (Lipinski definition) is 0. The summed E-state index contributed by atoms with van der Waals surface area (Å²) in [6.45, 7) is 7.75. The summed E-state index contributed by atoms with van der Waals surface area (Å²) in [5, 5.41) is 3.35. The van der Waals surface area contributed by atoms with Gasteiger partial charge in [-0.1, -0.05) is 30.3 Å². The summed E-state index contributed by atoms with van der Waals surface area (Å²) in [6.07, 6.45) is 0.189. The highest BCUT2D eigenvalue weighted by Gasteiger charge is 2.31. The van der Waals surface area contributed by atoms with Crippen LogP contribution < -0.4 is 4.90 Å². The predicted octanol–water partition coefficient (Wildman–Crippen LogP) is 4.27. The lowest BCUT2D eigenvalue weighted by Gasteiger charge is -2.40. The van der Waals surface area contributed by atoms with Crippen LogP contribution in [0.25, 0.3) is 10.2 Å². The number of rotatable bonds is 2. The Balaban J connectivity index is 1.87. The maximum Gasteiger partial charge on any atom is 0.142 e. The Morgan fingerprint density at radius 1 is 1.17 bits per heavy atom. The van der Waals surface area contributed by atoms with Crippen molar-refractivity contribution in [1.29, 1.82) is 0 Å². The van der Waals surface area contributed by atoms with E-state index >= 15 is 0 Å². The molecule has 0 aliphatic carbocycles. The van der Waals surface area contributed by atoms with E-state index in [1.54, 1.807) is 11.3 Å². The molecule has 0 radical (unpaired) electrons. The maximum absolute atomic E-state index is 5.97. The smallest absolute Gasteiger partial charge is 0.142 e. The molecular weight excluding hydrogens is 318 g/mol. The first-order valence-corrected chi connectivity index (χ1v) is 9.17. The average molecular weight is 339 g/mol. The normalized spacial score (nSPS) is 21.4. The molecule has 4 nitrogen and oxygen atoms in total. The van der Waals surface area contributed by atoms with Crippen molar-refractivity contribution >= 4 is 27.4 Å². The van der Waals surface area contributed by atoms with E-state index in [0.717, 1.165) is 23.0 Å². The molecule has 0 saturated carbocycles. The number of fused-ring (bicyclic) bond motifs is 1. The van der Waals surface area contributed by atoms with Gasteiger partial charge in [0.2, 0.25) is 0 Å². The van der Waals surface area contributed by atoms with E-state index in [1.165, 1.54) is 16.5 Å². The van der Waals surface area contributed by atoms with Crippen LogP contribution in [-0.4, -0.2) is 29.2 Å². The van der Waals surface area contributed by atoms with Gasteiger partial charge in [-0.25, -0.2) is 9.97 Å². The second-order valence-electron chi connectivity index (χ2n) is 6.42. The standard InChI is InChI=1S/C19H21N3OS/c1-12-11-24-19-17(12)18(20-14(3)21-19)22-9-13(2)23-10-16(22)15-7-5-4-6-8-15/h4-8,11,13,16H,9-10H2,1-3H3. The molecule has 2 atom stereocenters. The van der Waals surface area contributed by atoms with E-state index in [1.807, 2.05) is 6.92 Å². The van der Waals surface area contributed by atoms with Gasteiger partial charge in [0.15, 0.2) is 0 Å². The quantitative estimate of drug-likeness (QED) is 0.699. The second-order valence-corrected chi connectivity index (χ2v) is 7.27. The third-order valence-corrected chi connectivity index (χ3v) is 5.53. The Hall–Kier alpha value is -1.98. The number of aromatic nitrogens is 2. The van der Waals surface area contributed by atoms with Crippen LogP contribution >= 0.6 is 11.3 Å². The molecule has 124 valence electrons. The molecule has 3 heterocycles. The zero-order valence-electron chi connectivity index (χ0n) is 14.2. The zero-order chi connectivity index (χ0) is 16.7. The molecule has 1 aromatic carbocycles. The second kappa shape index (κ2) is 6.15. The number of benzene rings is 1. The molecule has 2 unspecified atom stereocenters. The van der Waals surface area contributed by atoms with Crippen molar-refractivity contribution in [2.24, 2.45) is 0 Å². The molecule has 0 amide bonds. The van der Waals surface area contributed by atoms with Crippen molar-refractivity contribution in [3.63, 3.8) is 0 Å². The van der Waals surface area contributed by atoms with Gasteiger partial charge in [-0.2, -0.15) is 0 Å². The molecule has 0 spiro atoms. The molecule has 3 aromatic rings. The predicted molar refractivity (Wildman–Crippen MR) is 98.8 cm³/mol. The lowest BCUT2D eigenvalue weighted by atomic mass is 10.0. The number of hydrogen-bond acceptors (Lipinski definition) is 5. The van der Waals surface area contributed by atoms with Crippen molar-refractivity contribution in [2.75, 3.05) is 18.1 Å². The largest absolute Gasteiger partial charge is 0.374 e. The van der Waals surface area contributed by atoms with Crippen LogP contribution in [0.3, 0.4) is 0 Å². The number of aryl methyl sites for hydroxylation is 2. The van der Waals surface area contributed by atoms with Crippen molar-refractivity contribution < 1.29 is 4.74 Å². The molecule has 1 aliphatic heterocycles. The van der Waals surface area contributed by atoms with Crippen LogP contribution in [0.15, 0.2) is 35.7 Å². The third kappa shape index (κ3) is 2.68. The highest BCUT2D eigenvalue weighted by atomic mass is 32.1. The number of ether oxygens (including phenoxy) is 1. The minimum absolute atomic E-state index is 0.180. The highest BCUT2D eigenvalue weighted by Crippen LogP contribution is 2.37. The Morgan fingerprint density at radius 2 is 1.96 bits per heavy atom. The summed E-state index contributed by atoms with van der Waals surface area (Å²) in [7, 11) is 0. The molecular formula is C19H21N3OS. The van der Waals surface area contributed by atoms with Gasteiger partial charge in [-0.05, 0) is 37.3 Å². The van der Waals surface area contributed by atoms with Crippen molar-refractivity contribution in [2.45, 2.75) is 32.9 Å². The zero-order valence-corrected chi connectivity index (χ0v) is 15.0. The van der Waals surface area contributed by atoms with Gasteiger partial charge in [-0.15, -0.1) is 11.3 Å². The monoisotopic (exact) mass is 339 g/mol. The van der Waals surface area contributed by atoms with Crippen LogP contribution in [0.5, 0.6) is 0 Å². The summed E-state index contributed by atoms with van der Waals surface area (Å²) in [4.78, 5) is 12.9. The summed E-state index contributed by atoms with van der Waals surface area (Å²) in [5.74, 6) is 1.87. The molecule has 0 bridgehead atoms. The van der Waals surface area contributed by atoms with Crippen LogP contribution in [0.4, 0.5) is 5.82 Å². The molecule has 2 aromatic heterocycles. The Bertz CT molecular complexity index is 862. The van der Waals surface area contributed by atoms with E-state index in [9.17, 15) is 0 Å². The molecule has 1 fully saturated rings. The van der Waals surface area contributed by atoms with Gasteiger partial charge in [0.25, 0.3) is 0 Å². The van der Waals surface area contributed by atoms with Gasteiger partial charge >= 0.3 is 0 Å². The van der Waals surface area contributed by atoms with Gasteiger partial charge in [0.1, 0.15) is 16.5 Å². The lowest BCUT2D eigenvalue weighted by Crippen LogP contribution is -2.44. The van der Waals surface area contributed by atoms with Gasteiger partial charge in [-0.3, -0.25) is 0 Å². The number of thiophene rings is 1. The number of morpholine rings is 1. The number of nitrogens with zero attached hydrogens (tertiary/aromatic N) is 3. The average Bonchev–Trinajstić information content (AvgIpc) is 2.96. The maximum atomic E-state index is 5.97. The van der Waals surface area contributed by atoms with Crippen molar-refractivity contribution in [1.82, 2.24) is 9.97 Å². The van der Waals surface area contributed by atoms with Crippen LogP contribution in [0.1, 0.15) is 29.9 Å². The summed E-state index contributed by atoms with van der Waals surface area (Å²) in [5.41, 5.74) is 2.51. The Labute approximate surface area is 146 Å². The van der Waals surface area contributed by atoms with Crippen LogP contribution in [0, 0.1) is 13.8 Å². The van der Waals surface area contributed by atoms with E-state index in [4.69, 9.17) is 9.72 Å². The first-order chi connectivity index (χ1) is 11.6.